The smallest absolute Gasteiger partial charge is 0.406 e. The van der Waals surface area contributed by atoms with E-state index in [-0.39, 0.29) is 23.4 Å². The van der Waals surface area contributed by atoms with Gasteiger partial charge in [-0.25, -0.2) is 0 Å². The highest BCUT2D eigenvalue weighted by atomic mass is 19.4. The molecule has 0 unspecified atom stereocenters. The van der Waals surface area contributed by atoms with Gasteiger partial charge in [-0.05, 0) is 18.2 Å². The van der Waals surface area contributed by atoms with Crippen LogP contribution in [0.3, 0.4) is 0 Å². The van der Waals surface area contributed by atoms with Crippen LogP contribution in [0.5, 0.6) is 0 Å². The maximum Gasteiger partial charge on any atom is 0.406 e. The molecule has 5 nitrogen and oxygen atoms in total. The molecule has 0 aliphatic heterocycles. The molecule has 0 saturated carbocycles. The minimum Gasteiger partial charge on any atom is -0.467 e. The van der Waals surface area contributed by atoms with E-state index in [0.29, 0.717) is 10.6 Å². The van der Waals surface area contributed by atoms with Gasteiger partial charge in [0.1, 0.15) is 18.0 Å². The Bertz CT molecular complexity index is 697. The second-order valence-corrected chi connectivity index (χ2v) is 6.64. The van der Waals surface area contributed by atoms with Gasteiger partial charge in [-0.3, -0.25) is 9.48 Å². The van der Waals surface area contributed by atoms with E-state index in [2.05, 4.69) is 5.10 Å². The highest BCUT2D eigenvalue weighted by Crippen LogP contribution is 2.24. The Morgan fingerprint density at radius 1 is 1.33 bits per heavy atom. The summed E-state index contributed by atoms with van der Waals surface area (Å²) in [6.07, 6.45) is -3.15. The van der Waals surface area contributed by atoms with E-state index in [0.717, 1.165) is 0 Å². The van der Waals surface area contributed by atoms with Crippen molar-refractivity contribution in [3.8, 4) is 0 Å². The van der Waals surface area contributed by atoms with E-state index in [4.69, 9.17) is 4.42 Å². The molecule has 0 saturated heterocycles. The molecule has 0 spiro atoms. The summed E-state index contributed by atoms with van der Waals surface area (Å²) in [5.74, 6) is -0.458. The molecule has 1 amide bonds. The highest BCUT2D eigenvalue weighted by Gasteiger charge is 2.35. The van der Waals surface area contributed by atoms with E-state index in [1.807, 2.05) is 20.8 Å². The first kappa shape index (κ1) is 18.1. The molecule has 8 heteroatoms. The predicted molar refractivity (Wildman–Crippen MR) is 81.4 cm³/mol. The first-order chi connectivity index (χ1) is 11.0. The molecule has 0 radical (unpaired) electrons. The standard InChI is InChI=1S/C16H20F3N3O2/c1-15(2,3)13-8-12(21(4)20-13)14(23)22(10-16(17,18)19)9-11-6-5-7-24-11/h5-8H,9-10H2,1-4H3. The number of furan rings is 1. The van der Waals surface area contributed by atoms with Gasteiger partial charge in [-0.2, -0.15) is 18.3 Å². The Hall–Kier alpha value is -2.25. The molecule has 0 bridgehead atoms. The third-order valence-corrected chi connectivity index (χ3v) is 3.45. The zero-order chi connectivity index (χ0) is 18.1. The van der Waals surface area contributed by atoms with E-state index in [9.17, 15) is 18.0 Å². The fourth-order valence-corrected chi connectivity index (χ4v) is 2.20. The van der Waals surface area contributed by atoms with Crippen LogP contribution in [0.2, 0.25) is 0 Å². The molecule has 2 aromatic rings. The molecule has 2 heterocycles. The van der Waals surface area contributed by atoms with Gasteiger partial charge < -0.3 is 9.32 Å². The van der Waals surface area contributed by atoms with Gasteiger partial charge in [-0.1, -0.05) is 20.8 Å². The molecular weight excluding hydrogens is 323 g/mol. The van der Waals surface area contributed by atoms with Crippen LogP contribution >= 0.6 is 0 Å². The molecule has 0 fully saturated rings. The number of carbonyl (C=O) groups excluding carboxylic acids is 1. The molecule has 0 aliphatic rings. The third-order valence-electron chi connectivity index (χ3n) is 3.45. The number of nitrogens with zero attached hydrogens (tertiary/aromatic N) is 3. The van der Waals surface area contributed by atoms with E-state index in [1.54, 1.807) is 13.1 Å². The summed E-state index contributed by atoms with van der Waals surface area (Å²) in [7, 11) is 1.54. The number of carbonyl (C=O) groups is 1. The zero-order valence-corrected chi connectivity index (χ0v) is 14.0. The number of amides is 1. The zero-order valence-electron chi connectivity index (χ0n) is 14.0. The van der Waals surface area contributed by atoms with Crippen LogP contribution in [0.25, 0.3) is 0 Å². The number of hydrogen-bond acceptors (Lipinski definition) is 3. The maximum atomic E-state index is 12.9. The second-order valence-electron chi connectivity index (χ2n) is 6.64. The first-order valence-electron chi connectivity index (χ1n) is 7.40. The van der Waals surface area contributed by atoms with Crippen molar-refractivity contribution in [2.75, 3.05) is 6.54 Å². The molecule has 0 aromatic carbocycles. The normalized spacial score (nSPS) is 12.5. The van der Waals surface area contributed by atoms with Gasteiger partial charge in [0.2, 0.25) is 0 Å². The molecule has 0 N–H and O–H groups in total. The SMILES string of the molecule is Cn1nc(C(C)(C)C)cc1C(=O)N(Cc1ccco1)CC(F)(F)F. The minimum atomic E-state index is -4.51. The van der Waals surface area contributed by atoms with Crippen LogP contribution in [0.15, 0.2) is 28.9 Å². The highest BCUT2D eigenvalue weighted by molar-refractivity contribution is 5.92. The number of alkyl halides is 3. The topological polar surface area (TPSA) is 51.3 Å². The van der Waals surface area contributed by atoms with Gasteiger partial charge in [0.05, 0.1) is 18.5 Å². The number of hydrogen-bond donors (Lipinski definition) is 0. The van der Waals surface area contributed by atoms with Crippen molar-refractivity contribution in [1.29, 1.82) is 0 Å². The number of halogens is 3. The Balaban J connectivity index is 2.31. The largest absolute Gasteiger partial charge is 0.467 e. The third kappa shape index (κ3) is 4.39. The van der Waals surface area contributed by atoms with E-state index in [1.165, 1.54) is 23.1 Å². The van der Waals surface area contributed by atoms with E-state index >= 15 is 0 Å². The summed E-state index contributed by atoms with van der Waals surface area (Å²) in [6.45, 7) is 4.13. The van der Waals surface area contributed by atoms with Gasteiger partial charge in [0.25, 0.3) is 5.91 Å². The first-order valence-corrected chi connectivity index (χ1v) is 7.40. The van der Waals surface area contributed by atoms with Crippen molar-refractivity contribution in [3.05, 3.63) is 41.6 Å². The fraction of sp³-hybridized carbons (Fsp3) is 0.500. The average molecular weight is 343 g/mol. The fourth-order valence-electron chi connectivity index (χ4n) is 2.20. The number of aryl methyl sites for hydroxylation is 1. The summed E-state index contributed by atoms with van der Waals surface area (Å²) >= 11 is 0. The molecule has 0 atom stereocenters. The van der Waals surface area contributed by atoms with Crippen LogP contribution in [0, 0.1) is 0 Å². The Kier molecular flexibility index (Phi) is 4.77. The van der Waals surface area contributed by atoms with Crippen LogP contribution in [-0.2, 0) is 19.0 Å². The van der Waals surface area contributed by atoms with Gasteiger partial charge >= 0.3 is 6.18 Å². The summed E-state index contributed by atoms with van der Waals surface area (Å²) in [5, 5.41) is 4.24. The number of rotatable bonds is 4. The monoisotopic (exact) mass is 343 g/mol. The lowest BCUT2D eigenvalue weighted by Gasteiger charge is -2.23. The van der Waals surface area contributed by atoms with Gasteiger partial charge in [0.15, 0.2) is 0 Å². The quantitative estimate of drug-likeness (QED) is 0.853. The molecule has 2 rings (SSSR count). The Morgan fingerprint density at radius 3 is 2.46 bits per heavy atom. The Morgan fingerprint density at radius 2 is 2.00 bits per heavy atom. The average Bonchev–Trinajstić information content (AvgIpc) is 3.04. The summed E-state index contributed by atoms with van der Waals surface area (Å²) in [5.41, 5.74) is 0.431. The van der Waals surface area contributed by atoms with E-state index < -0.39 is 18.6 Å². The minimum absolute atomic E-state index is 0.107. The van der Waals surface area contributed by atoms with Crippen molar-refractivity contribution in [1.82, 2.24) is 14.7 Å². The van der Waals surface area contributed by atoms with Crippen LogP contribution < -0.4 is 0 Å². The van der Waals surface area contributed by atoms with Gasteiger partial charge in [-0.15, -0.1) is 0 Å². The van der Waals surface area contributed by atoms with Crippen molar-refractivity contribution >= 4 is 5.91 Å². The lowest BCUT2D eigenvalue weighted by molar-refractivity contribution is -0.142. The molecule has 2 aromatic heterocycles. The molecule has 0 aliphatic carbocycles. The maximum absolute atomic E-state index is 12.9. The summed E-state index contributed by atoms with van der Waals surface area (Å²) < 4.78 is 45.0. The molecule has 132 valence electrons. The van der Waals surface area contributed by atoms with Crippen molar-refractivity contribution in [2.24, 2.45) is 7.05 Å². The predicted octanol–water partition coefficient (Wildman–Crippen LogP) is 3.52. The van der Waals surface area contributed by atoms with Crippen LogP contribution in [-0.4, -0.2) is 33.3 Å². The number of aromatic nitrogens is 2. The molecule has 24 heavy (non-hydrogen) atoms. The van der Waals surface area contributed by atoms with Crippen LogP contribution in [0.1, 0.15) is 42.7 Å². The Labute approximate surface area is 138 Å². The van der Waals surface area contributed by atoms with Crippen molar-refractivity contribution in [3.63, 3.8) is 0 Å². The lowest BCUT2D eigenvalue weighted by atomic mass is 9.92. The molecular formula is C16H20F3N3O2. The lowest BCUT2D eigenvalue weighted by Crippen LogP contribution is -2.39. The second kappa shape index (κ2) is 6.33. The summed E-state index contributed by atoms with van der Waals surface area (Å²) in [4.78, 5) is 13.3. The van der Waals surface area contributed by atoms with Crippen molar-refractivity contribution < 1.29 is 22.4 Å². The summed E-state index contributed by atoms with van der Waals surface area (Å²) in [6, 6.07) is 4.63. The van der Waals surface area contributed by atoms with Gasteiger partial charge in [0, 0.05) is 12.5 Å². The van der Waals surface area contributed by atoms with Crippen molar-refractivity contribution in [2.45, 2.75) is 38.9 Å². The van der Waals surface area contributed by atoms with Crippen LogP contribution in [0.4, 0.5) is 13.2 Å².